The first-order chi connectivity index (χ1) is 9.70. The number of benzene rings is 2. The second kappa shape index (κ2) is 5.21. The van der Waals surface area contributed by atoms with Crippen LogP contribution in [-0.4, -0.2) is 9.97 Å². The fourth-order valence-electron chi connectivity index (χ4n) is 1.99. The lowest BCUT2D eigenvalue weighted by atomic mass is 10.2. The van der Waals surface area contributed by atoms with Crippen LogP contribution in [0.3, 0.4) is 0 Å². The molecule has 20 heavy (non-hydrogen) atoms. The number of aromatic nitrogens is 2. The first kappa shape index (κ1) is 12.5. The summed E-state index contributed by atoms with van der Waals surface area (Å²) in [6, 6.07) is 9.00. The molecule has 0 unspecified atom stereocenters. The summed E-state index contributed by atoms with van der Waals surface area (Å²) in [6.45, 7) is 0.334. The third-order valence-electron chi connectivity index (χ3n) is 2.89. The van der Waals surface area contributed by atoms with Gasteiger partial charge in [-0.1, -0.05) is 0 Å². The molecular formula is C15H11F2N3. The van der Waals surface area contributed by atoms with Crippen molar-refractivity contribution in [1.82, 2.24) is 9.97 Å². The Bertz CT molecular complexity index is 739. The number of hydrogen-bond acceptors (Lipinski definition) is 3. The Morgan fingerprint density at radius 3 is 2.30 bits per heavy atom. The number of fused-ring (bicyclic) bond motifs is 1. The lowest BCUT2D eigenvalue weighted by Gasteiger charge is -2.07. The Kier molecular flexibility index (Phi) is 3.25. The molecule has 3 aromatic rings. The second-order valence-electron chi connectivity index (χ2n) is 4.39. The summed E-state index contributed by atoms with van der Waals surface area (Å²) in [5.74, 6) is -1.16. The van der Waals surface area contributed by atoms with E-state index in [1.54, 1.807) is 12.4 Å². The SMILES string of the molecule is Fc1cc(F)cc(CNc2ccc3nccnc3c2)c1. The van der Waals surface area contributed by atoms with Crippen molar-refractivity contribution in [3.05, 3.63) is 66.0 Å². The lowest BCUT2D eigenvalue weighted by molar-refractivity contribution is 0.580. The third kappa shape index (κ3) is 2.71. The first-order valence-electron chi connectivity index (χ1n) is 6.10. The number of nitrogens with zero attached hydrogens (tertiary/aromatic N) is 2. The van der Waals surface area contributed by atoms with Gasteiger partial charge in [0.2, 0.25) is 0 Å². The molecule has 2 aromatic carbocycles. The fourth-order valence-corrected chi connectivity index (χ4v) is 1.99. The van der Waals surface area contributed by atoms with Crippen LogP contribution in [0, 0.1) is 11.6 Å². The minimum absolute atomic E-state index is 0.334. The summed E-state index contributed by atoms with van der Waals surface area (Å²) < 4.78 is 26.2. The van der Waals surface area contributed by atoms with Crippen molar-refractivity contribution in [1.29, 1.82) is 0 Å². The van der Waals surface area contributed by atoms with Gasteiger partial charge in [0.15, 0.2) is 0 Å². The highest BCUT2D eigenvalue weighted by molar-refractivity contribution is 5.78. The van der Waals surface area contributed by atoms with E-state index in [4.69, 9.17) is 0 Å². The average Bonchev–Trinajstić information content (AvgIpc) is 2.44. The predicted molar refractivity (Wildman–Crippen MR) is 73.2 cm³/mol. The van der Waals surface area contributed by atoms with Gasteiger partial charge >= 0.3 is 0 Å². The quantitative estimate of drug-likeness (QED) is 0.792. The molecule has 0 aliphatic rings. The van der Waals surface area contributed by atoms with E-state index in [9.17, 15) is 8.78 Å². The molecule has 3 nitrogen and oxygen atoms in total. The van der Waals surface area contributed by atoms with Gasteiger partial charge in [-0.3, -0.25) is 9.97 Å². The Hall–Kier alpha value is -2.56. The minimum atomic E-state index is -0.578. The molecule has 0 radical (unpaired) electrons. The van der Waals surface area contributed by atoms with E-state index in [1.165, 1.54) is 12.1 Å². The molecule has 1 aromatic heterocycles. The minimum Gasteiger partial charge on any atom is -0.381 e. The van der Waals surface area contributed by atoms with E-state index >= 15 is 0 Å². The molecule has 0 saturated heterocycles. The van der Waals surface area contributed by atoms with Gasteiger partial charge in [0.25, 0.3) is 0 Å². The predicted octanol–water partition coefficient (Wildman–Crippen LogP) is 3.52. The highest BCUT2D eigenvalue weighted by Crippen LogP contribution is 2.16. The first-order valence-corrected chi connectivity index (χ1v) is 6.10. The number of halogens is 2. The number of anilines is 1. The van der Waals surface area contributed by atoms with Crippen LogP contribution in [0.15, 0.2) is 48.8 Å². The molecule has 1 heterocycles. The monoisotopic (exact) mass is 271 g/mol. The van der Waals surface area contributed by atoms with E-state index in [0.29, 0.717) is 12.1 Å². The van der Waals surface area contributed by atoms with Crippen molar-refractivity contribution in [2.24, 2.45) is 0 Å². The normalized spacial score (nSPS) is 10.7. The van der Waals surface area contributed by atoms with Crippen LogP contribution in [0.5, 0.6) is 0 Å². The van der Waals surface area contributed by atoms with Crippen LogP contribution in [0.4, 0.5) is 14.5 Å². The molecule has 5 heteroatoms. The van der Waals surface area contributed by atoms with Crippen LogP contribution >= 0.6 is 0 Å². The summed E-state index contributed by atoms with van der Waals surface area (Å²) in [5.41, 5.74) is 2.93. The summed E-state index contributed by atoms with van der Waals surface area (Å²) in [6.07, 6.45) is 3.25. The molecule has 1 N–H and O–H groups in total. The Morgan fingerprint density at radius 1 is 0.850 bits per heavy atom. The maximum atomic E-state index is 13.1. The molecule has 3 rings (SSSR count). The third-order valence-corrected chi connectivity index (χ3v) is 2.89. The number of nitrogens with one attached hydrogen (secondary N) is 1. The van der Waals surface area contributed by atoms with Crippen LogP contribution < -0.4 is 5.32 Å². The highest BCUT2D eigenvalue weighted by atomic mass is 19.1. The topological polar surface area (TPSA) is 37.8 Å². The van der Waals surface area contributed by atoms with Gasteiger partial charge in [0.1, 0.15) is 11.6 Å². The molecule has 100 valence electrons. The van der Waals surface area contributed by atoms with E-state index in [-0.39, 0.29) is 0 Å². The Morgan fingerprint density at radius 2 is 1.55 bits per heavy atom. The van der Waals surface area contributed by atoms with E-state index in [2.05, 4.69) is 15.3 Å². The van der Waals surface area contributed by atoms with Gasteiger partial charge in [0, 0.05) is 30.7 Å². The zero-order valence-electron chi connectivity index (χ0n) is 10.5. The molecule has 0 bridgehead atoms. The summed E-state index contributed by atoms with van der Waals surface area (Å²) in [7, 11) is 0. The molecular weight excluding hydrogens is 260 g/mol. The van der Waals surface area contributed by atoms with Crippen molar-refractivity contribution in [2.75, 3.05) is 5.32 Å². The van der Waals surface area contributed by atoms with Crippen molar-refractivity contribution in [3.8, 4) is 0 Å². The van der Waals surface area contributed by atoms with Crippen LogP contribution in [-0.2, 0) is 6.54 Å². The molecule has 0 saturated carbocycles. The molecule has 0 amide bonds. The smallest absolute Gasteiger partial charge is 0.126 e. The van der Waals surface area contributed by atoms with Gasteiger partial charge in [-0.25, -0.2) is 8.78 Å². The van der Waals surface area contributed by atoms with Crippen molar-refractivity contribution >= 4 is 16.7 Å². The summed E-state index contributed by atoms with van der Waals surface area (Å²) >= 11 is 0. The van der Waals surface area contributed by atoms with Gasteiger partial charge in [-0.05, 0) is 35.9 Å². The zero-order valence-corrected chi connectivity index (χ0v) is 10.5. The summed E-state index contributed by atoms with van der Waals surface area (Å²) in [4.78, 5) is 8.38. The van der Waals surface area contributed by atoms with E-state index < -0.39 is 11.6 Å². The highest BCUT2D eigenvalue weighted by Gasteiger charge is 2.02. The number of rotatable bonds is 3. The summed E-state index contributed by atoms with van der Waals surface area (Å²) in [5, 5.41) is 3.11. The molecule has 0 atom stereocenters. The molecule has 0 fully saturated rings. The van der Waals surface area contributed by atoms with Gasteiger partial charge in [-0.2, -0.15) is 0 Å². The number of hydrogen-bond donors (Lipinski definition) is 1. The van der Waals surface area contributed by atoms with Crippen molar-refractivity contribution in [3.63, 3.8) is 0 Å². The van der Waals surface area contributed by atoms with Crippen LogP contribution in [0.1, 0.15) is 5.56 Å². The zero-order chi connectivity index (χ0) is 13.9. The van der Waals surface area contributed by atoms with Gasteiger partial charge in [-0.15, -0.1) is 0 Å². The molecule has 0 aliphatic heterocycles. The maximum absolute atomic E-state index is 13.1. The van der Waals surface area contributed by atoms with Crippen LogP contribution in [0.25, 0.3) is 11.0 Å². The van der Waals surface area contributed by atoms with Crippen molar-refractivity contribution in [2.45, 2.75) is 6.54 Å². The van der Waals surface area contributed by atoms with Gasteiger partial charge < -0.3 is 5.32 Å². The Labute approximate surface area is 114 Å². The standard InChI is InChI=1S/C15H11F2N3/c16-11-5-10(6-12(17)7-11)9-20-13-1-2-14-15(8-13)19-4-3-18-14/h1-8,20H,9H2. The van der Waals surface area contributed by atoms with E-state index in [1.807, 2.05) is 18.2 Å². The molecule has 0 aliphatic carbocycles. The van der Waals surface area contributed by atoms with Crippen molar-refractivity contribution < 1.29 is 8.78 Å². The maximum Gasteiger partial charge on any atom is 0.126 e. The largest absolute Gasteiger partial charge is 0.381 e. The average molecular weight is 271 g/mol. The second-order valence-corrected chi connectivity index (χ2v) is 4.39. The Balaban J connectivity index is 1.79. The fraction of sp³-hybridized carbons (Fsp3) is 0.0667. The lowest BCUT2D eigenvalue weighted by Crippen LogP contribution is -2.00. The van der Waals surface area contributed by atoms with Crippen LogP contribution in [0.2, 0.25) is 0 Å². The van der Waals surface area contributed by atoms with Gasteiger partial charge in [0.05, 0.1) is 11.0 Å². The molecule has 0 spiro atoms. The van der Waals surface area contributed by atoms with E-state index in [0.717, 1.165) is 22.8 Å².